The number of H-pyrrole nitrogens is 1. The van der Waals surface area contributed by atoms with Crippen LogP contribution in [0.15, 0.2) is 102 Å². The number of aromatic nitrogens is 2. The Morgan fingerprint density at radius 1 is 0.742 bits per heavy atom. The molecule has 150 valence electrons. The van der Waals surface area contributed by atoms with Gasteiger partial charge in [0.2, 0.25) is 0 Å². The summed E-state index contributed by atoms with van der Waals surface area (Å²) in [5.41, 5.74) is 5.94. The maximum atomic E-state index is 12.8. The number of fused-ring (bicyclic) bond motifs is 1. The third-order valence-electron chi connectivity index (χ3n) is 5.40. The van der Waals surface area contributed by atoms with Gasteiger partial charge in [-0.3, -0.25) is 4.79 Å². The third kappa shape index (κ3) is 3.38. The summed E-state index contributed by atoms with van der Waals surface area (Å²) in [6, 6.07) is 29.8. The van der Waals surface area contributed by atoms with Gasteiger partial charge in [-0.15, -0.1) is 0 Å². The van der Waals surface area contributed by atoms with Crippen molar-refractivity contribution in [2.45, 2.75) is 0 Å². The number of hydrogen-bond donors (Lipinski definition) is 1. The lowest BCUT2D eigenvalue weighted by atomic mass is 9.96. The molecule has 5 aromatic rings. The highest BCUT2D eigenvalue weighted by Crippen LogP contribution is 2.37. The fraction of sp³-hybridized carbons (Fsp3) is 0.0370. The number of aromatic amines is 1. The Hall–Kier alpha value is -4.18. The zero-order valence-corrected chi connectivity index (χ0v) is 17.0. The number of pyridine rings is 2. The third-order valence-corrected chi connectivity index (χ3v) is 5.40. The van der Waals surface area contributed by atoms with E-state index < -0.39 is 0 Å². The summed E-state index contributed by atoms with van der Waals surface area (Å²) in [4.78, 5) is 20.8. The van der Waals surface area contributed by atoms with E-state index in [-0.39, 0.29) is 5.56 Å². The molecule has 0 amide bonds. The van der Waals surface area contributed by atoms with Crippen molar-refractivity contribution in [1.82, 2.24) is 9.97 Å². The van der Waals surface area contributed by atoms with E-state index in [2.05, 4.69) is 4.98 Å². The minimum absolute atomic E-state index is 0.169. The Morgan fingerprint density at radius 3 is 2.10 bits per heavy atom. The molecule has 2 aromatic heterocycles. The lowest BCUT2D eigenvalue weighted by molar-refractivity contribution is 0.416. The second-order valence-corrected chi connectivity index (χ2v) is 7.24. The van der Waals surface area contributed by atoms with Crippen molar-refractivity contribution < 1.29 is 4.74 Å². The molecule has 5 rings (SSSR count). The van der Waals surface area contributed by atoms with E-state index in [0.29, 0.717) is 10.9 Å². The van der Waals surface area contributed by atoms with Crippen LogP contribution < -0.4 is 10.3 Å². The van der Waals surface area contributed by atoms with Gasteiger partial charge >= 0.3 is 0 Å². The molecule has 4 nitrogen and oxygen atoms in total. The average Bonchev–Trinajstić information content (AvgIpc) is 2.85. The molecule has 0 fully saturated rings. The van der Waals surface area contributed by atoms with E-state index in [0.717, 1.165) is 39.3 Å². The van der Waals surface area contributed by atoms with Crippen molar-refractivity contribution in [3.63, 3.8) is 0 Å². The minimum atomic E-state index is -0.169. The highest BCUT2D eigenvalue weighted by Gasteiger charge is 2.17. The largest absolute Gasteiger partial charge is 0.496 e. The number of nitrogens with zero attached hydrogens (tertiary/aromatic N) is 1. The summed E-state index contributed by atoms with van der Waals surface area (Å²) in [6.07, 6.45) is 1.71. The Kier molecular flexibility index (Phi) is 4.81. The highest BCUT2D eigenvalue weighted by molar-refractivity contribution is 5.99. The van der Waals surface area contributed by atoms with Gasteiger partial charge in [0, 0.05) is 28.5 Å². The van der Waals surface area contributed by atoms with Gasteiger partial charge < -0.3 is 9.72 Å². The van der Waals surface area contributed by atoms with Gasteiger partial charge in [-0.2, -0.15) is 0 Å². The molecular formula is C27H20N2O2. The number of benzene rings is 3. The maximum absolute atomic E-state index is 12.8. The quantitative estimate of drug-likeness (QED) is 0.404. The first-order chi connectivity index (χ1) is 15.3. The van der Waals surface area contributed by atoms with Crippen LogP contribution in [-0.4, -0.2) is 17.1 Å². The van der Waals surface area contributed by atoms with Crippen molar-refractivity contribution in [2.24, 2.45) is 0 Å². The van der Waals surface area contributed by atoms with Crippen LogP contribution in [0.2, 0.25) is 0 Å². The van der Waals surface area contributed by atoms with Crippen molar-refractivity contribution in [2.75, 3.05) is 7.11 Å². The van der Waals surface area contributed by atoms with Crippen molar-refractivity contribution in [1.29, 1.82) is 0 Å². The molecule has 4 heteroatoms. The van der Waals surface area contributed by atoms with Gasteiger partial charge in [-0.25, -0.2) is 4.98 Å². The van der Waals surface area contributed by atoms with E-state index in [1.165, 1.54) is 0 Å². The fourth-order valence-electron chi connectivity index (χ4n) is 3.90. The SMILES string of the molecule is COc1ccccc1-c1c[nH]c(=O)c2cc(-c3ccccc3)c(-c3ccccc3)nc12. The molecule has 3 aromatic carbocycles. The first-order valence-corrected chi connectivity index (χ1v) is 10.1. The van der Waals surface area contributed by atoms with Gasteiger partial charge in [0.25, 0.3) is 5.56 Å². The van der Waals surface area contributed by atoms with E-state index in [1.807, 2.05) is 91.0 Å². The first kappa shape index (κ1) is 18.8. The monoisotopic (exact) mass is 404 g/mol. The molecule has 0 bridgehead atoms. The van der Waals surface area contributed by atoms with Crippen LogP contribution in [-0.2, 0) is 0 Å². The second-order valence-electron chi connectivity index (χ2n) is 7.24. The van der Waals surface area contributed by atoms with Gasteiger partial charge in [-0.1, -0.05) is 78.9 Å². The predicted octanol–water partition coefficient (Wildman–Crippen LogP) is 5.93. The average molecular weight is 404 g/mol. The number of ether oxygens (including phenoxy) is 1. The Balaban J connectivity index is 1.88. The Bertz CT molecular complexity index is 1420. The summed E-state index contributed by atoms with van der Waals surface area (Å²) >= 11 is 0. The fourth-order valence-corrected chi connectivity index (χ4v) is 3.90. The number of rotatable bonds is 4. The normalized spacial score (nSPS) is 10.9. The van der Waals surface area contributed by atoms with Crippen molar-refractivity contribution >= 4 is 10.9 Å². The molecule has 0 aliphatic carbocycles. The van der Waals surface area contributed by atoms with Crippen LogP contribution >= 0.6 is 0 Å². The summed E-state index contributed by atoms with van der Waals surface area (Å²) < 4.78 is 5.57. The van der Waals surface area contributed by atoms with Crippen LogP contribution in [0.3, 0.4) is 0 Å². The summed E-state index contributed by atoms with van der Waals surface area (Å²) in [6.45, 7) is 0. The van der Waals surface area contributed by atoms with Gasteiger partial charge in [-0.05, 0) is 17.7 Å². The molecule has 0 saturated heterocycles. The van der Waals surface area contributed by atoms with Gasteiger partial charge in [0.15, 0.2) is 0 Å². The smallest absolute Gasteiger partial charge is 0.257 e. The molecule has 2 heterocycles. The van der Waals surface area contributed by atoms with Crippen LogP contribution in [0.5, 0.6) is 5.75 Å². The van der Waals surface area contributed by atoms with E-state index in [1.54, 1.807) is 13.3 Å². The molecule has 0 saturated carbocycles. The predicted molar refractivity (Wildman–Crippen MR) is 125 cm³/mol. The highest BCUT2D eigenvalue weighted by atomic mass is 16.5. The van der Waals surface area contributed by atoms with Gasteiger partial charge in [0.1, 0.15) is 5.75 Å². The van der Waals surface area contributed by atoms with E-state index in [9.17, 15) is 4.79 Å². The number of nitrogens with one attached hydrogen (secondary N) is 1. The van der Waals surface area contributed by atoms with Crippen LogP contribution in [0.4, 0.5) is 0 Å². The molecular weight excluding hydrogens is 384 g/mol. The molecule has 0 aliphatic rings. The Morgan fingerprint density at radius 2 is 1.39 bits per heavy atom. The molecule has 1 N–H and O–H groups in total. The molecule has 31 heavy (non-hydrogen) atoms. The van der Waals surface area contributed by atoms with E-state index >= 15 is 0 Å². The van der Waals surface area contributed by atoms with Crippen LogP contribution in [0.25, 0.3) is 44.4 Å². The number of methoxy groups -OCH3 is 1. The molecule has 0 atom stereocenters. The molecule has 0 spiro atoms. The first-order valence-electron chi connectivity index (χ1n) is 10.1. The number of hydrogen-bond acceptors (Lipinski definition) is 3. The zero-order chi connectivity index (χ0) is 21.2. The van der Waals surface area contributed by atoms with Crippen molar-refractivity contribution in [3.05, 3.63) is 108 Å². The van der Waals surface area contributed by atoms with Gasteiger partial charge in [0.05, 0.1) is 23.7 Å². The van der Waals surface area contributed by atoms with E-state index in [4.69, 9.17) is 9.72 Å². The molecule has 0 radical (unpaired) electrons. The van der Waals surface area contributed by atoms with Crippen LogP contribution in [0.1, 0.15) is 0 Å². The lowest BCUT2D eigenvalue weighted by Gasteiger charge is -2.14. The maximum Gasteiger partial charge on any atom is 0.257 e. The summed E-state index contributed by atoms with van der Waals surface area (Å²) in [5.74, 6) is 0.728. The topological polar surface area (TPSA) is 55.0 Å². The van der Waals surface area contributed by atoms with Crippen molar-refractivity contribution in [3.8, 4) is 39.3 Å². The summed E-state index contributed by atoms with van der Waals surface area (Å²) in [7, 11) is 1.64. The summed E-state index contributed by atoms with van der Waals surface area (Å²) in [5, 5.41) is 0.543. The minimum Gasteiger partial charge on any atom is -0.496 e. The zero-order valence-electron chi connectivity index (χ0n) is 17.0. The Labute approximate surface area is 179 Å². The number of para-hydroxylation sites is 1. The molecule has 0 aliphatic heterocycles. The second kappa shape index (κ2) is 7.92. The van der Waals surface area contributed by atoms with Crippen LogP contribution in [0, 0.1) is 0 Å². The lowest BCUT2D eigenvalue weighted by Crippen LogP contribution is -2.08. The molecule has 0 unspecified atom stereocenters. The standard InChI is InChI=1S/C27H20N2O2/c1-31-24-15-9-8-14-20(24)23-17-28-27(30)22-16-21(18-10-4-2-5-11-18)25(29-26(22)23)19-12-6-3-7-13-19/h2-17H,1H3,(H,28,30).